The molecule has 0 saturated carbocycles. The van der Waals surface area contributed by atoms with E-state index in [9.17, 15) is 18.0 Å². The van der Waals surface area contributed by atoms with Crippen LogP contribution in [0.2, 0.25) is 0 Å². The second kappa shape index (κ2) is 4.50. The van der Waals surface area contributed by atoms with Gasteiger partial charge < -0.3 is 0 Å². The quantitative estimate of drug-likeness (QED) is 0.863. The summed E-state index contributed by atoms with van der Waals surface area (Å²) < 4.78 is 36.8. The number of anilines is 1. The van der Waals surface area contributed by atoms with E-state index in [1.54, 1.807) is 14.0 Å². The van der Waals surface area contributed by atoms with Crippen molar-refractivity contribution in [3.8, 4) is 0 Å². The van der Waals surface area contributed by atoms with Gasteiger partial charge in [-0.15, -0.1) is 0 Å². The SMILES string of the molecule is Cc1nc(NC(=O)CCC(F)(F)F)n(C)n1. The first-order valence-electron chi connectivity index (χ1n) is 4.52. The predicted octanol–water partition coefficient (Wildman–Crippen LogP) is 1.40. The van der Waals surface area contributed by atoms with Gasteiger partial charge in [0.25, 0.3) is 0 Å². The van der Waals surface area contributed by atoms with Crippen LogP contribution in [0.4, 0.5) is 19.1 Å². The largest absolute Gasteiger partial charge is 0.389 e. The van der Waals surface area contributed by atoms with Crippen LogP contribution in [0.1, 0.15) is 18.7 Å². The van der Waals surface area contributed by atoms with E-state index in [-0.39, 0.29) is 5.95 Å². The van der Waals surface area contributed by atoms with Gasteiger partial charge in [0.15, 0.2) is 0 Å². The van der Waals surface area contributed by atoms with Crippen LogP contribution >= 0.6 is 0 Å². The van der Waals surface area contributed by atoms with Crippen molar-refractivity contribution in [3.63, 3.8) is 0 Å². The van der Waals surface area contributed by atoms with Crippen LogP contribution in [-0.4, -0.2) is 26.8 Å². The summed E-state index contributed by atoms with van der Waals surface area (Å²) in [4.78, 5) is 15.0. The lowest BCUT2D eigenvalue weighted by Crippen LogP contribution is -2.18. The molecule has 5 nitrogen and oxygen atoms in total. The number of nitrogens with one attached hydrogen (secondary N) is 1. The number of rotatable bonds is 3. The van der Waals surface area contributed by atoms with Crippen LogP contribution in [0.3, 0.4) is 0 Å². The third-order valence-electron chi connectivity index (χ3n) is 1.76. The Hall–Kier alpha value is -1.60. The predicted molar refractivity (Wildman–Crippen MR) is 49.7 cm³/mol. The van der Waals surface area contributed by atoms with Gasteiger partial charge >= 0.3 is 6.18 Å². The Morgan fingerprint density at radius 1 is 1.50 bits per heavy atom. The molecule has 8 heteroatoms. The highest BCUT2D eigenvalue weighted by molar-refractivity contribution is 5.88. The summed E-state index contributed by atoms with van der Waals surface area (Å²) in [6, 6.07) is 0. The molecule has 90 valence electrons. The monoisotopic (exact) mass is 236 g/mol. The minimum Gasteiger partial charge on any atom is -0.295 e. The van der Waals surface area contributed by atoms with Crippen molar-refractivity contribution >= 4 is 11.9 Å². The van der Waals surface area contributed by atoms with Gasteiger partial charge in [0.2, 0.25) is 11.9 Å². The number of amides is 1. The number of hydrogen-bond acceptors (Lipinski definition) is 3. The maximum Gasteiger partial charge on any atom is 0.389 e. The fraction of sp³-hybridized carbons (Fsp3) is 0.625. The summed E-state index contributed by atoms with van der Waals surface area (Å²) in [5.74, 6) is -0.147. The molecule has 1 aromatic rings. The van der Waals surface area contributed by atoms with Crippen LogP contribution in [0.15, 0.2) is 0 Å². The van der Waals surface area contributed by atoms with E-state index < -0.39 is 24.9 Å². The Labute approximate surface area is 89.7 Å². The Kier molecular flexibility index (Phi) is 3.51. The molecule has 16 heavy (non-hydrogen) atoms. The molecule has 0 aliphatic carbocycles. The van der Waals surface area contributed by atoms with E-state index in [2.05, 4.69) is 15.4 Å². The van der Waals surface area contributed by atoms with Crippen molar-refractivity contribution in [2.45, 2.75) is 25.9 Å². The number of halogens is 3. The number of nitrogens with zero attached hydrogens (tertiary/aromatic N) is 3. The number of aromatic nitrogens is 3. The van der Waals surface area contributed by atoms with Crippen molar-refractivity contribution in [1.29, 1.82) is 0 Å². The molecule has 0 aliphatic heterocycles. The van der Waals surface area contributed by atoms with Crippen molar-refractivity contribution < 1.29 is 18.0 Å². The van der Waals surface area contributed by atoms with E-state index >= 15 is 0 Å². The van der Waals surface area contributed by atoms with E-state index in [1.165, 1.54) is 4.68 Å². The minimum atomic E-state index is -4.33. The van der Waals surface area contributed by atoms with Crippen LogP contribution in [0.25, 0.3) is 0 Å². The second-order valence-electron chi connectivity index (χ2n) is 3.27. The lowest BCUT2D eigenvalue weighted by Gasteiger charge is -2.06. The summed E-state index contributed by atoms with van der Waals surface area (Å²) >= 11 is 0. The Balaban J connectivity index is 2.49. The topological polar surface area (TPSA) is 59.8 Å². The van der Waals surface area contributed by atoms with Gasteiger partial charge in [0.1, 0.15) is 5.82 Å². The zero-order valence-electron chi connectivity index (χ0n) is 8.80. The van der Waals surface area contributed by atoms with Crippen molar-refractivity contribution in [2.24, 2.45) is 7.05 Å². The average molecular weight is 236 g/mol. The lowest BCUT2D eigenvalue weighted by atomic mass is 10.3. The Morgan fingerprint density at radius 2 is 2.12 bits per heavy atom. The molecule has 0 unspecified atom stereocenters. The number of aryl methyl sites for hydroxylation is 2. The molecule has 0 fully saturated rings. The molecule has 0 spiro atoms. The first kappa shape index (κ1) is 12.5. The van der Waals surface area contributed by atoms with Gasteiger partial charge in [0.05, 0.1) is 6.42 Å². The zero-order valence-corrected chi connectivity index (χ0v) is 8.80. The lowest BCUT2D eigenvalue weighted by molar-refractivity contribution is -0.142. The molecular weight excluding hydrogens is 225 g/mol. The molecule has 0 atom stereocenters. The number of alkyl halides is 3. The average Bonchev–Trinajstić information content (AvgIpc) is 2.41. The van der Waals surface area contributed by atoms with Crippen molar-refractivity contribution in [1.82, 2.24) is 14.8 Å². The first-order chi connectivity index (χ1) is 7.28. The molecule has 1 N–H and O–H groups in total. The smallest absolute Gasteiger partial charge is 0.295 e. The van der Waals surface area contributed by atoms with Gasteiger partial charge in [-0.3, -0.25) is 10.1 Å². The van der Waals surface area contributed by atoms with Crippen LogP contribution < -0.4 is 5.32 Å². The van der Waals surface area contributed by atoms with E-state index in [4.69, 9.17) is 0 Å². The van der Waals surface area contributed by atoms with Gasteiger partial charge in [0, 0.05) is 13.5 Å². The molecule has 1 aromatic heterocycles. The van der Waals surface area contributed by atoms with Crippen molar-refractivity contribution in [2.75, 3.05) is 5.32 Å². The Bertz CT molecular complexity index is 385. The highest BCUT2D eigenvalue weighted by Crippen LogP contribution is 2.21. The standard InChI is InChI=1S/C8H11F3N4O/c1-5-12-7(15(2)14-5)13-6(16)3-4-8(9,10)11/h3-4H2,1-2H3,(H,12,13,14,16). The number of hydrogen-bond donors (Lipinski definition) is 1. The van der Waals surface area contributed by atoms with Gasteiger partial charge in [-0.1, -0.05) is 0 Å². The summed E-state index contributed by atoms with van der Waals surface area (Å²) in [7, 11) is 1.54. The first-order valence-corrected chi connectivity index (χ1v) is 4.52. The third kappa shape index (κ3) is 3.87. The molecule has 0 saturated heterocycles. The maximum atomic E-state index is 11.8. The molecule has 0 aliphatic rings. The number of carbonyl (C=O) groups is 1. The van der Waals surface area contributed by atoms with Gasteiger partial charge in [-0.25, -0.2) is 4.68 Å². The fourth-order valence-electron chi connectivity index (χ4n) is 1.06. The van der Waals surface area contributed by atoms with Gasteiger partial charge in [-0.05, 0) is 6.92 Å². The zero-order chi connectivity index (χ0) is 12.3. The van der Waals surface area contributed by atoms with Crippen LogP contribution in [0, 0.1) is 6.92 Å². The van der Waals surface area contributed by atoms with Crippen molar-refractivity contribution in [3.05, 3.63) is 5.82 Å². The van der Waals surface area contributed by atoms with Crippen LogP contribution in [-0.2, 0) is 11.8 Å². The minimum absolute atomic E-state index is 0.143. The third-order valence-corrected chi connectivity index (χ3v) is 1.76. The maximum absolute atomic E-state index is 11.8. The van der Waals surface area contributed by atoms with E-state index in [0.717, 1.165) is 0 Å². The summed E-state index contributed by atoms with van der Waals surface area (Å²) in [5.41, 5.74) is 0. The summed E-state index contributed by atoms with van der Waals surface area (Å²) in [6.45, 7) is 1.62. The molecule has 0 radical (unpaired) electrons. The Morgan fingerprint density at radius 3 is 2.56 bits per heavy atom. The number of carbonyl (C=O) groups excluding carboxylic acids is 1. The summed E-state index contributed by atoms with van der Waals surface area (Å²) in [5, 5.41) is 6.10. The highest BCUT2D eigenvalue weighted by Gasteiger charge is 2.28. The highest BCUT2D eigenvalue weighted by atomic mass is 19.4. The molecule has 1 heterocycles. The normalized spacial score (nSPS) is 11.6. The fourth-order valence-corrected chi connectivity index (χ4v) is 1.06. The molecule has 1 rings (SSSR count). The van der Waals surface area contributed by atoms with E-state index in [1.807, 2.05) is 0 Å². The molecule has 0 bridgehead atoms. The molecule has 1 amide bonds. The van der Waals surface area contributed by atoms with E-state index in [0.29, 0.717) is 5.82 Å². The van der Waals surface area contributed by atoms with Crippen LogP contribution in [0.5, 0.6) is 0 Å². The molecule has 0 aromatic carbocycles. The second-order valence-corrected chi connectivity index (χ2v) is 3.27. The molecular formula is C8H11F3N4O. The summed E-state index contributed by atoms with van der Waals surface area (Å²) in [6.07, 6.45) is -6.09. The van der Waals surface area contributed by atoms with Gasteiger partial charge in [-0.2, -0.15) is 23.3 Å².